The predicted octanol–water partition coefficient (Wildman–Crippen LogP) is 0.918. The Morgan fingerprint density at radius 3 is 2.00 bits per heavy atom. The van der Waals surface area contributed by atoms with E-state index in [1.807, 2.05) is 0 Å². The molecule has 0 aliphatic heterocycles. The van der Waals surface area contributed by atoms with E-state index in [-0.39, 0.29) is 18.4 Å². The number of esters is 2. The minimum atomic E-state index is -0.359. The molecule has 0 unspecified atom stereocenters. The Hall–Kier alpha value is -1.76. The van der Waals surface area contributed by atoms with E-state index in [4.69, 9.17) is 6.42 Å². The van der Waals surface area contributed by atoms with E-state index in [2.05, 4.69) is 22.0 Å². The van der Waals surface area contributed by atoms with Gasteiger partial charge in [-0.15, -0.1) is 13.0 Å². The first-order valence-corrected chi connectivity index (χ1v) is 3.80. The smallest absolute Gasteiger partial charge is 0.317 e. The van der Waals surface area contributed by atoms with E-state index in [9.17, 15) is 9.59 Å². The van der Waals surface area contributed by atoms with Gasteiger partial charge in [0.15, 0.2) is 0 Å². The first kappa shape index (κ1) is 14.7. The molecule has 0 amide bonds. The van der Waals surface area contributed by atoms with Crippen molar-refractivity contribution in [3.63, 3.8) is 0 Å². The molecule has 0 saturated carbocycles. The van der Waals surface area contributed by atoms with Crippen LogP contribution in [0.5, 0.6) is 0 Å². The standard InChI is InChI=1S/C5H8O2.C5H6O2/c2*1-3-4-5(6)7-2/h3H,1,4H2,2H3;1H,4H2,2H3. The lowest BCUT2D eigenvalue weighted by atomic mass is 10.4. The van der Waals surface area contributed by atoms with Crippen molar-refractivity contribution in [2.45, 2.75) is 12.8 Å². The summed E-state index contributed by atoms with van der Waals surface area (Å²) in [6, 6.07) is 0. The predicted molar refractivity (Wildman–Crippen MR) is 52.3 cm³/mol. The van der Waals surface area contributed by atoms with Crippen LogP contribution < -0.4 is 0 Å². The zero-order valence-electron chi connectivity index (χ0n) is 8.41. The van der Waals surface area contributed by atoms with Gasteiger partial charge in [0.2, 0.25) is 0 Å². The van der Waals surface area contributed by atoms with E-state index in [1.165, 1.54) is 20.3 Å². The Morgan fingerprint density at radius 1 is 1.36 bits per heavy atom. The van der Waals surface area contributed by atoms with E-state index in [1.54, 1.807) is 0 Å². The molecular weight excluding hydrogens is 184 g/mol. The van der Waals surface area contributed by atoms with E-state index in [0.717, 1.165) is 0 Å². The van der Waals surface area contributed by atoms with Crippen molar-refractivity contribution in [1.29, 1.82) is 0 Å². The van der Waals surface area contributed by atoms with Gasteiger partial charge in [-0.2, -0.15) is 0 Å². The van der Waals surface area contributed by atoms with Crippen LogP contribution in [0.3, 0.4) is 0 Å². The van der Waals surface area contributed by atoms with Crippen LogP contribution in [0.15, 0.2) is 12.7 Å². The molecule has 0 aromatic carbocycles. The quantitative estimate of drug-likeness (QED) is 0.384. The maximum atomic E-state index is 10.1. The zero-order valence-corrected chi connectivity index (χ0v) is 8.41. The molecule has 0 aliphatic carbocycles. The molecule has 0 rings (SSSR count). The average Bonchev–Trinajstić information content (AvgIpc) is 2.19. The molecule has 14 heavy (non-hydrogen) atoms. The van der Waals surface area contributed by atoms with Crippen LogP contribution in [0.4, 0.5) is 0 Å². The summed E-state index contributed by atoms with van der Waals surface area (Å²) in [6.45, 7) is 3.35. The summed E-state index contributed by atoms with van der Waals surface area (Å²) in [5, 5.41) is 0. The van der Waals surface area contributed by atoms with Gasteiger partial charge in [-0.3, -0.25) is 9.59 Å². The van der Waals surface area contributed by atoms with Crippen molar-refractivity contribution < 1.29 is 19.1 Å². The average molecular weight is 198 g/mol. The Balaban J connectivity index is 0. The van der Waals surface area contributed by atoms with Gasteiger partial charge in [0, 0.05) is 0 Å². The van der Waals surface area contributed by atoms with Gasteiger partial charge in [0.05, 0.1) is 20.6 Å². The largest absolute Gasteiger partial charge is 0.469 e. The second-order valence-corrected chi connectivity index (χ2v) is 2.03. The molecule has 0 aromatic rings. The van der Waals surface area contributed by atoms with E-state index in [0.29, 0.717) is 6.42 Å². The number of hydrogen-bond donors (Lipinski definition) is 0. The molecule has 0 aliphatic rings. The molecule has 0 spiro atoms. The minimum Gasteiger partial charge on any atom is -0.469 e. The first-order valence-electron chi connectivity index (χ1n) is 3.80. The van der Waals surface area contributed by atoms with Gasteiger partial charge in [0.25, 0.3) is 0 Å². The Kier molecular flexibility index (Phi) is 11.8. The van der Waals surface area contributed by atoms with Crippen LogP contribution in [-0.4, -0.2) is 26.2 Å². The number of terminal acetylenes is 1. The van der Waals surface area contributed by atoms with Gasteiger partial charge < -0.3 is 9.47 Å². The number of carbonyl (C=O) groups is 2. The summed E-state index contributed by atoms with van der Waals surface area (Å²) >= 11 is 0. The second-order valence-electron chi connectivity index (χ2n) is 2.03. The fourth-order valence-electron chi connectivity index (χ4n) is 0.357. The van der Waals surface area contributed by atoms with Crippen LogP contribution in [0.25, 0.3) is 0 Å². The maximum absolute atomic E-state index is 10.1. The Morgan fingerprint density at radius 2 is 1.86 bits per heavy atom. The SMILES string of the molecule is C#CCC(=O)OC.C=CCC(=O)OC. The van der Waals surface area contributed by atoms with E-state index >= 15 is 0 Å². The van der Waals surface area contributed by atoms with Crippen molar-refractivity contribution in [2.75, 3.05) is 14.2 Å². The van der Waals surface area contributed by atoms with Gasteiger partial charge in [-0.25, -0.2) is 0 Å². The Labute approximate surface area is 83.9 Å². The minimum absolute atomic E-state index is 0.0660. The summed E-state index contributed by atoms with van der Waals surface area (Å²) in [4.78, 5) is 20.2. The highest BCUT2D eigenvalue weighted by Crippen LogP contribution is 1.81. The zero-order chi connectivity index (χ0) is 11.4. The van der Waals surface area contributed by atoms with Gasteiger partial charge in [-0.05, 0) is 0 Å². The molecule has 4 nitrogen and oxygen atoms in total. The molecule has 0 aromatic heterocycles. The molecular formula is C10H14O4. The third kappa shape index (κ3) is 12.9. The summed E-state index contributed by atoms with van der Waals surface area (Å²) in [5.41, 5.74) is 0. The van der Waals surface area contributed by atoms with Crippen molar-refractivity contribution in [1.82, 2.24) is 0 Å². The number of methoxy groups -OCH3 is 2. The molecule has 0 radical (unpaired) electrons. The van der Waals surface area contributed by atoms with Crippen LogP contribution in [0, 0.1) is 12.3 Å². The number of hydrogen-bond acceptors (Lipinski definition) is 4. The molecule has 4 heteroatoms. The summed E-state index contributed by atoms with van der Waals surface area (Å²) in [7, 11) is 2.66. The van der Waals surface area contributed by atoms with Crippen molar-refractivity contribution in [3.05, 3.63) is 12.7 Å². The summed E-state index contributed by atoms with van der Waals surface area (Å²) < 4.78 is 8.49. The lowest BCUT2D eigenvalue weighted by Gasteiger charge is -1.88. The highest BCUT2D eigenvalue weighted by atomic mass is 16.5. The van der Waals surface area contributed by atoms with E-state index < -0.39 is 0 Å². The van der Waals surface area contributed by atoms with Gasteiger partial charge in [0.1, 0.15) is 6.42 Å². The van der Waals surface area contributed by atoms with Crippen LogP contribution in [0.2, 0.25) is 0 Å². The van der Waals surface area contributed by atoms with Gasteiger partial charge in [-0.1, -0.05) is 12.0 Å². The molecule has 0 N–H and O–H groups in total. The lowest BCUT2D eigenvalue weighted by Crippen LogP contribution is -1.96. The topological polar surface area (TPSA) is 52.6 Å². The normalized spacial score (nSPS) is 7.21. The van der Waals surface area contributed by atoms with Gasteiger partial charge >= 0.3 is 11.9 Å². The highest BCUT2D eigenvalue weighted by molar-refractivity contribution is 5.71. The first-order chi connectivity index (χ1) is 6.62. The number of ether oxygens (including phenoxy) is 2. The van der Waals surface area contributed by atoms with Crippen LogP contribution in [0.1, 0.15) is 12.8 Å². The molecule has 0 saturated heterocycles. The third-order valence-corrected chi connectivity index (χ3v) is 1.01. The monoisotopic (exact) mass is 198 g/mol. The maximum Gasteiger partial charge on any atom is 0.317 e. The van der Waals surface area contributed by atoms with Crippen molar-refractivity contribution in [3.8, 4) is 12.3 Å². The summed E-state index contributed by atoms with van der Waals surface area (Å²) in [6.07, 6.45) is 6.63. The van der Waals surface area contributed by atoms with Crippen LogP contribution in [-0.2, 0) is 19.1 Å². The molecule has 78 valence electrons. The molecule has 0 heterocycles. The highest BCUT2D eigenvalue weighted by Gasteiger charge is 1.91. The third-order valence-electron chi connectivity index (χ3n) is 1.01. The number of carbonyl (C=O) groups excluding carboxylic acids is 2. The summed E-state index contributed by atoms with van der Waals surface area (Å²) in [5.74, 6) is 1.54. The lowest BCUT2D eigenvalue weighted by molar-refractivity contribution is -0.140. The second kappa shape index (κ2) is 11.2. The van der Waals surface area contributed by atoms with Crippen LogP contribution >= 0.6 is 0 Å². The fourth-order valence-corrected chi connectivity index (χ4v) is 0.357. The molecule has 0 atom stereocenters. The number of rotatable bonds is 3. The fraction of sp³-hybridized carbons (Fsp3) is 0.400. The van der Waals surface area contributed by atoms with Crippen molar-refractivity contribution >= 4 is 11.9 Å². The molecule has 0 fully saturated rings. The van der Waals surface area contributed by atoms with Crippen molar-refractivity contribution in [2.24, 2.45) is 0 Å². The molecule has 0 bridgehead atoms. The Bertz CT molecular complexity index is 225.